The Kier molecular flexibility index (Phi) is 4.60. The number of anilines is 1. The summed E-state index contributed by atoms with van der Waals surface area (Å²) in [4.78, 5) is 45.5. The first-order valence-electron chi connectivity index (χ1n) is 11.4. The number of nitro benzene ring substituents is 1. The van der Waals surface area contributed by atoms with Crippen molar-refractivity contribution in [1.82, 2.24) is 9.88 Å². The number of fused-ring (bicyclic) bond motifs is 4. The monoisotopic (exact) mass is 454 g/mol. The number of hydrogen-bond acceptors (Lipinski definition) is 6. The van der Waals surface area contributed by atoms with Gasteiger partial charge in [0, 0.05) is 53.3 Å². The molecule has 8 heteroatoms. The molecule has 0 radical (unpaired) electrons. The third-order valence-electron chi connectivity index (χ3n) is 7.62. The van der Waals surface area contributed by atoms with E-state index in [4.69, 9.17) is 0 Å². The summed E-state index contributed by atoms with van der Waals surface area (Å²) in [6.07, 6.45) is 4.84. The Morgan fingerprint density at radius 2 is 1.91 bits per heavy atom. The fraction of sp³-hybridized carbons (Fsp3) is 0.269. The van der Waals surface area contributed by atoms with E-state index >= 15 is 0 Å². The molecule has 1 spiro atoms. The molecule has 1 aromatic heterocycles. The Bertz CT molecular complexity index is 1330. The van der Waals surface area contributed by atoms with Crippen molar-refractivity contribution in [1.29, 1.82) is 0 Å². The Balaban J connectivity index is 1.62. The predicted molar refractivity (Wildman–Crippen MR) is 124 cm³/mol. The Morgan fingerprint density at radius 1 is 1.12 bits per heavy atom. The highest BCUT2D eigenvalue weighted by atomic mass is 16.6. The van der Waals surface area contributed by atoms with Crippen LogP contribution in [-0.2, 0) is 10.3 Å². The number of rotatable bonds is 4. The van der Waals surface area contributed by atoms with Gasteiger partial charge in [-0.2, -0.15) is 0 Å². The molecule has 2 aromatic carbocycles. The molecule has 2 fully saturated rings. The Labute approximate surface area is 195 Å². The SMILES string of the molecule is O=C(c1ccncc1)[C@@H]1[C@H](c2cccc([N+](=O)[O-])c2)[C@@H]2CCCN2[C@]12C(=O)Nc1ccccc12. The van der Waals surface area contributed by atoms with Crippen molar-refractivity contribution in [3.8, 4) is 0 Å². The number of Topliss-reactive ketones (excluding diaryl/α,β-unsaturated/α-hetero) is 1. The van der Waals surface area contributed by atoms with Crippen LogP contribution in [0, 0.1) is 16.0 Å². The summed E-state index contributed by atoms with van der Waals surface area (Å²) in [5.41, 5.74) is 1.51. The molecule has 3 aliphatic rings. The maximum absolute atomic E-state index is 14.2. The van der Waals surface area contributed by atoms with Gasteiger partial charge in [0.15, 0.2) is 5.78 Å². The van der Waals surface area contributed by atoms with Gasteiger partial charge in [-0.05, 0) is 43.1 Å². The Hall–Kier alpha value is -3.91. The highest BCUT2D eigenvalue weighted by Crippen LogP contribution is 2.61. The zero-order valence-corrected chi connectivity index (χ0v) is 18.3. The van der Waals surface area contributed by atoms with Crippen LogP contribution in [0.25, 0.3) is 0 Å². The average molecular weight is 454 g/mol. The van der Waals surface area contributed by atoms with Crippen molar-refractivity contribution in [3.63, 3.8) is 0 Å². The van der Waals surface area contributed by atoms with Crippen LogP contribution in [0.4, 0.5) is 11.4 Å². The molecule has 3 aromatic rings. The summed E-state index contributed by atoms with van der Waals surface area (Å²) in [5, 5.41) is 14.6. The van der Waals surface area contributed by atoms with E-state index in [-0.39, 0.29) is 29.3 Å². The van der Waals surface area contributed by atoms with Crippen LogP contribution >= 0.6 is 0 Å². The normalized spacial score (nSPS) is 27.4. The molecule has 3 aliphatic heterocycles. The molecule has 2 saturated heterocycles. The lowest BCUT2D eigenvalue weighted by atomic mass is 9.69. The van der Waals surface area contributed by atoms with Gasteiger partial charge in [-0.1, -0.05) is 30.3 Å². The summed E-state index contributed by atoms with van der Waals surface area (Å²) in [7, 11) is 0. The third kappa shape index (κ3) is 2.72. The second-order valence-corrected chi connectivity index (χ2v) is 9.12. The molecule has 4 heterocycles. The molecule has 6 rings (SSSR count). The first kappa shape index (κ1) is 20.7. The number of nitro groups is 1. The molecule has 0 aliphatic carbocycles. The fourth-order valence-electron chi connectivity index (χ4n) is 6.43. The highest BCUT2D eigenvalue weighted by Gasteiger charge is 2.69. The van der Waals surface area contributed by atoms with Gasteiger partial charge in [0.2, 0.25) is 5.91 Å². The van der Waals surface area contributed by atoms with Crippen LogP contribution in [0.2, 0.25) is 0 Å². The summed E-state index contributed by atoms with van der Waals surface area (Å²) in [5.74, 6) is -1.48. The summed E-state index contributed by atoms with van der Waals surface area (Å²) in [6, 6.07) is 17.3. The van der Waals surface area contributed by atoms with Gasteiger partial charge in [-0.25, -0.2) is 0 Å². The van der Waals surface area contributed by atoms with Gasteiger partial charge in [0.25, 0.3) is 5.69 Å². The van der Waals surface area contributed by atoms with Gasteiger partial charge < -0.3 is 5.32 Å². The molecule has 0 unspecified atom stereocenters. The predicted octanol–water partition coefficient (Wildman–Crippen LogP) is 3.90. The minimum Gasteiger partial charge on any atom is -0.324 e. The van der Waals surface area contributed by atoms with Crippen molar-refractivity contribution in [3.05, 3.63) is 99.9 Å². The number of amides is 1. The summed E-state index contributed by atoms with van der Waals surface area (Å²) in [6.45, 7) is 0.679. The minimum atomic E-state index is -1.17. The van der Waals surface area contributed by atoms with E-state index in [9.17, 15) is 19.7 Å². The lowest BCUT2D eigenvalue weighted by molar-refractivity contribution is -0.384. The number of aromatic nitrogens is 1. The highest BCUT2D eigenvalue weighted by molar-refractivity contribution is 6.12. The second kappa shape index (κ2) is 7.56. The smallest absolute Gasteiger partial charge is 0.269 e. The molecule has 170 valence electrons. The van der Waals surface area contributed by atoms with Gasteiger partial charge in [0.1, 0.15) is 5.54 Å². The molecule has 0 saturated carbocycles. The van der Waals surface area contributed by atoms with Crippen molar-refractivity contribution in [2.75, 3.05) is 11.9 Å². The number of non-ortho nitro benzene ring substituents is 1. The van der Waals surface area contributed by atoms with E-state index in [0.717, 1.165) is 18.4 Å². The van der Waals surface area contributed by atoms with Crippen LogP contribution in [0.1, 0.15) is 40.2 Å². The van der Waals surface area contributed by atoms with Crippen LogP contribution in [-0.4, -0.2) is 39.1 Å². The number of carbonyl (C=O) groups excluding carboxylic acids is 2. The number of benzene rings is 2. The van der Waals surface area contributed by atoms with Gasteiger partial charge in [-0.3, -0.25) is 29.6 Å². The number of ketones is 1. The van der Waals surface area contributed by atoms with Crippen LogP contribution in [0.5, 0.6) is 0 Å². The molecular weight excluding hydrogens is 432 g/mol. The van der Waals surface area contributed by atoms with E-state index in [1.165, 1.54) is 6.07 Å². The van der Waals surface area contributed by atoms with E-state index in [2.05, 4.69) is 15.2 Å². The molecule has 1 N–H and O–H groups in total. The average Bonchev–Trinajstić information content (AvgIpc) is 3.52. The Morgan fingerprint density at radius 3 is 2.71 bits per heavy atom. The van der Waals surface area contributed by atoms with Gasteiger partial charge in [-0.15, -0.1) is 0 Å². The number of para-hydroxylation sites is 1. The van der Waals surface area contributed by atoms with Crippen LogP contribution < -0.4 is 5.32 Å². The van der Waals surface area contributed by atoms with E-state index < -0.39 is 16.4 Å². The number of pyridine rings is 1. The first-order valence-corrected chi connectivity index (χ1v) is 11.4. The maximum atomic E-state index is 14.2. The standard InChI is InChI=1S/C26H22N4O4/c31-24(16-10-12-27-13-11-16)23-22(17-5-3-6-18(15-17)30(33)34)21-9-4-14-29(21)26(23)19-7-1-2-8-20(19)28-25(26)32/h1-3,5-8,10-13,15,21-23H,4,9,14H2,(H,28,32)/t21-,22+,23-,26-/m0/s1. The van der Waals surface area contributed by atoms with Crippen LogP contribution in [0.3, 0.4) is 0 Å². The minimum absolute atomic E-state index is 0.0191. The fourth-order valence-corrected chi connectivity index (χ4v) is 6.43. The third-order valence-corrected chi connectivity index (χ3v) is 7.62. The van der Waals surface area contributed by atoms with Crippen LogP contribution in [0.15, 0.2) is 73.1 Å². The molecule has 8 nitrogen and oxygen atoms in total. The second-order valence-electron chi connectivity index (χ2n) is 9.12. The van der Waals surface area contributed by atoms with Crippen molar-refractivity contribution < 1.29 is 14.5 Å². The van der Waals surface area contributed by atoms with Gasteiger partial charge >= 0.3 is 0 Å². The zero-order chi connectivity index (χ0) is 23.4. The summed E-state index contributed by atoms with van der Waals surface area (Å²) < 4.78 is 0. The topological polar surface area (TPSA) is 105 Å². The van der Waals surface area contributed by atoms with Gasteiger partial charge in [0.05, 0.1) is 10.8 Å². The van der Waals surface area contributed by atoms with Crippen molar-refractivity contribution >= 4 is 23.1 Å². The number of carbonyl (C=O) groups is 2. The first-order chi connectivity index (χ1) is 16.5. The molecule has 0 bridgehead atoms. The molecular formula is C26H22N4O4. The lowest BCUT2D eigenvalue weighted by Crippen LogP contribution is -2.52. The zero-order valence-electron chi connectivity index (χ0n) is 18.3. The maximum Gasteiger partial charge on any atom is 0.269 e. The van der Waals surface area contributed by atoms with Crippen molar-refractivity contribution in [2.24, 2.45) is 5.92 Å². The lowest BCUT2D eigenvalue weighted by Gasteiger charge is -2.36. The van der Waals surface area contributed by atoms with E-state index in [1.54, 1.807) is 36.7 Å². The number of nitrogens with zero attached hydrogens (tertiary/aromatic N) is 3. The quantitative estimate of drug-likeness (QED) is 0.364. The molecule has 34 heavy (non-hydrogen) atoms. The summed E-state index contributed by atoms with van der Waals surface area (Å²) >= 11 is 0. The molecule has 1 amide bonds. The van der Waals surface area contributed by atoms with Crippen molar-refractivity contribution in [2.45, 2.75) is 30.3 Å². The van der Waals surface area contributed by atoms with E-state index in [0.29, 0.717) is 23.4 Å². The molecule has 4 atom stereocenters. The number of nitrogens with one attached hydrogen (secondary N) is 1. The largest absolute Gasteiger partial charge is 0.324 e. The number of hydrogen-bond donors (Lipinski definition) is 1. The van der Waals surface area contributed by atoms with E-state index in [1.807, 2.05) is 30.3 Å².